The second kappa shape index (κ2) is 10.8. The molecule has 6 nitrogen and oxygen atoms in total. The lowest BCUT2D eigenvalue weighted by atomic mass is 9.90. The Morgan fingerprint density at radius 3 is 2.30 bits per heavy atom. The lowest BCUT2D eigenvalue weighted by Crippen LogP contribution is -2.53. The number of hydrogen-bond acceptors (Lipinski definition) is 5. The molecule has 1 aliphatic carbocycles. The third-order valence-electron chi connectivity index (χ3n) is 5.47. The highest BCUT2D eigenvalue weighted by molar-refractivity contribution is 7.09. The smallest absolute Gasteiger partial charge is 0.271 e. The number of carbonyl (C=O) groups is 2. The van der Waals surface area contributed by atoms with Crippen molar-refractivity contribution in [2.45, 2.75) is 44.4 Å². The van der Waals surface area contributed by atoms with Crippen LogP contribution in [0.5, 0.6) is 5.75 Å². The van der Waals surface area contributed by atoms with Crippen molar-refractivity contribution in [2.24, 2.45) is 0 Å². The molecular formula is C24H23ClFN3O3S. The molecule has 2 N–H and O–H groups in total. The van der Waals surface area contributed by atoms with Crippen LogP contribution in [0.4, 0.5) is 4.39 Å². The predicted octanol–water partition coefficient (Wildman–Crippen LogP) is 4.99. The summed E-state index contributed by atoms with van der Waals surface area (Å²) >= 11 is 7.22. The summed E-state index contributed by atoms with van der Waals surface area (Å²) in [4.78, 5) is 29.7. The Morgan fingerprint density at radius 1 is 1.00 bits per heavy atom. The van der Waals surface area contributed by atoms with Crippen LogP contribution in [-0.2, 0) is 6.61 Å². The molecule has 0 radical (unpaired) electrons. The molecule has 0 saturated heterocycles. The Kier molecular flexibility index (Phi) is 7.57. The van der Waals surface area contributed by atoms with Gasteiger partial charge in [-0.15, -0.1) is 11.3 Å². The summed E-state index contributed by atoms with van der Waals surface area (Å²) in [6.45, 7) is 0.249. The van der Waals surface area contributed by atoms with Crippen LogP contribution >= 0.6 is 22.9 Å². The minimum absolute atomic E-state index is 0.202. The first-order valence-corrected chi connectivity index (χ1v) is 11.9. The zero-order valence-electron chi connectivity index (χ0n) is 17.7. The fourth-order valence-corrected chi connectivity index (χ4v) is 4.54. The molecule has 9 heteroatoms. The number of hydrogen-bond donors (Lipinski definition) is 2. The molecule has 3 aromatic rings. The van der Waals surface area contributed by atoms with Crippen LogP contribution in [-0.4, -0.2) is 28.9 Å². The normalized spacial score (nSPS) is 17.9. The molecule has 172 valence electrons. The topological polar surface area (TPSA) is 80.3 Å². The van der Waals surface area contributed by atoms with Gasteiger partial charge in [0.2, 0.25) is 0 Å². The van der Waals surface area contributed by atoms with Crippen molar-refractivity contribution in [2.75, 3.05) is 0 Å². The van der Waals surface area contributed by atoms with Crippen molar-refractivity contribution >= 4 is 34.8 Å². The maximum Gasteiger partial charge on any atom is 0.271 e. The zero-order valence-corrected chi connectivity index (χ0v) is 19.3. The summed E-state index contributed by atoms with van der Waals surface area (Å²) in [6, 6.07) is 12.0. The molecule has 33 heavy (non-hydrogen) atoms. The molecular weight excluding hydrogens is 465 g/mol. The molecule has 0 bridgehead atoms. The number of aromatic nitrogens is 1. The highest BCUT2D eigenvalue weighted by atomic mass is 35.5. The summed E-state index contributed by atoms with van der Waals surface area (Å²) in [6.07, 6.45) is 3.45. The van der Waals surface area contributed by atoms with Gasteiger partial charge in [-0.3, -0.25) is 9.59 Å². The summed E-state index contributed by atoms with van der Waals surface area (Å²) in [7, 11) is 0. The van der Waals surface area contributed by atoms with E-state index in [1.165, 1.54) is 35.6 Å². The van der Waals surface area contributed by atoms with Gasteiger partial charge in [0, 0.05) is 28.0 Å². The monoisotopic (exact) mass is 487 g/mol. The van der Waals surface area contributed by atoms with Crippen molar-refractivity contribution in [3.05, 3.63) is 81.0 Å². The van der Waals surface area contributed by atoms with Crippen molar-refractivity contribution in [1.29, 1.82) is 0 Å². The van der Waals surface area contributed by atoms with E-state index < -0.39 is 5.82 Å². The summed E-state index contributed by atoms with van der Waals surface area (Å²) in [5.41, 5.74) is 0.709. The Balaban J connectivity index is 1.33. The number of thiazole rings is 1. The molecule has 2 aromatic carbocycles. The van der Waals surface area contributed by atoms with Gasteiger partial charge in [-0.1, -0.05) is 24.4 Å². The van der Waals surface area contributed by atoms with Crippen LogP contribution < -0.4 is 15.4 Å². The van der Waals surface area contributed by atoms with Crippen LogP contribution in [0.2, 0.25) is 5.02 Å². The largest absolute Gasteiger partial charge is 0.486 e. The van der Waals surface area contributed by atoms with E-state index in [4.69, 9.17) is 16.3 Å². The Labute approximate surface area is 200 Å². The average Bonchev–Trinajstić information content (AvgIpc) is 3.30. The number of amides is 2. The summed E-state index contributed by atoms with van der Waals surface area (Å²) in [5, 5.41) is 9.02. The van der Waals surface area contributed by atoms with Gasteiger partial charge in [0.1, 0.15) is 28.9 Å². The number of ether oxygens (including phenoxy) is 1. The first kappa shape index (κ1) is 23.2. The zero-order chi connectivity index (χ0) is 23.2. The maximum atomic E-state index is 13.1. The molecule has 1 saturated carbocycles. The van der Waals surface area contributed by atoms with Crippen LogP contribution in [0.3, 0.4) is 0 Å². The van der Waals surface area contributed by atoms with Gasteiger partial charge in [-0.2, -0.15) is 0 Å². The molecule has 2 atom stereocenters. The molecule has 1 aliphatic rings. The fraction of sp³-hybridized carbons (Fsp3) is 0.292. The molecule has 1 fully saturated rings. The van der Waals surface area contributed by atoms with Gasteiger partial charge in [0.15, 0.2) is 0 Å². The number of halogens is 2. The quantitative estimate of drug-likeness (QED) is 0.492. The van der Waals surface area contributed by atoms with Gasteiger partial charge >= 0.3 is 0 Å². The van der Waals surface area contributed by atoms with E-state index in [0.29, 0.717) is 27.0 Å². The van der Waals surface area contributed by atoms with E-state index in [-0.39, 0.29) is 30.5 Å². The van der Waals surface area contributed by atoms with Gasteiger partial charge in [-0.05, 0) is 61.4 Å². The van der Waals surface area contributed by atoms with Gasteiger partial charge in [0.25, 0.3) is 11.8 Å². The maximum absolute atomic E-state index is 13.1. The lowest BCUT2D eigenvalue weighted by molar-refractivity contribution is 0.0860. The third-order valence-corrected chi connectivity index (χ3v) is 6.54. The lowest BCUT2D eigenvalue weighted by Gasteiger charge is -2.32. The summed E-state index contributed by atoms with van der Waals surface area (Å²) in [5.74, 6) is -0.286. The molecule has 0 spiro atoms. The van der Waals surface area contributed by atoms with E-state index in [1.807, 2.05) is 0 Å². The Morgan fingerprint density at radius 2 is 1.64 bits per heavy atom. The first-order valence-electron chi connectivity index (χ1n) is 10.7. The van der Waals surface area contributed by atoms with E-state index in [2.05, 4.69) is 15.6 Å². The third kappa shape index (κ3) is 6.30. The van der Waals surface area contributed by atoms with E-state index in [1.54, 1.807) is 29.6 Å². The minimum Gasteiger partial charge on any atom is -0.486 e. The minimum atomic E-state index is -0.393. The molecule has 1 heterocycles. The van der Waals surface area contributed by atoms with Crippen LogP contribution in [0.25, 0.3) is 0 Å². The highest BCUT2D eigenvalue weighted by Crippen LogP contribution is 2.21. The number of carbonyl (C=O) groups excluding carboxylic acids is 2. The highest BCUT2D eigenvalue weighted by Gasteiger charge is 2.29. The number of benzene rings is 2. The van der Waals surface area contributed by atoms with Crippen LogP contribution in [0.1, 0.15) is 51.5 Å². The van der Waals surface area contributed by atoms with Gasteiger partial charge in [-0.25, -0.2) is 9.37 Å². The molecule has 1 aromatic heterocycles. The number of nitrogens with one attached hydrogen (secondary N) is 2. The SMILES string of the molecule is O=C(N[C@H]1CCCC[C@H]1NC(=O)c1csc(COc2ccc(Cl)cc2)n1)c1ccc(F)cc1. The van der Waals surface area contributed by atoms with E-state index in [9.17, 15) is 14.0 Å². The van der Waals surface area contributed by atoms with Crippen LogP contribution in [0.15, 0.2) is 53.9 Å². The van der Waals surface area contributed by atoms with Crippen molar-refractivity contribution in [3.8, 4) is 5.75 Å². The Bertz CT molecular complexity index is 1100. The number of rotatable bonds is 7. The van der Waals surface area contributed by atoms with E-state index >= 15 is 0 Å². The van der Waals surface area contributed by atoms with Crippen molar-refractivity contribution in [1.82, 2.24) is 15.6 Å². The first-order chi connectivity index (χ1) is 16.0. The van der Waals surface area contributed by atoms with Gasteiger partial charge < -0.3 is 15.4 Å². The number of nitrogens with zero attached hydrogens (tertiary/aromatic N) is 1. The molecule has 4 rings (SSSR count). The van der Waals surface area contributed by atoms with Crippen LogP contribution in [0, 0.1) is 5.82 Å². The van der Waals surface area contributed by atoms with Crippen molar-refractivity contribution in [3.63, 3.8) is 0 Å². The second-order valence-corrected chi connectivity index (χ2v) is 9.20. The summed E-state index contributed by atoms with van der Waals surface area (Å²) < 4.78 is 18.8. The standard InChI is InChI=1S/C24H23ClFN3O3S/c25-16-7-11-18(12-8-16)32-13-22-27-21(14-33-22)24(31)29-20-4-2-1-3-19(20)28-23(30)15-5-9-17(26)10-6-15/h5-12,14,19-20H,1-4,13H2,(H,28,30)(H,29,31)/t19-,20+/m0/s1. The average molecular weight is 488 g/mol. The predicted molar refractivity (Wildman–Crippen MR) is 125 cm³/mol. The molecule has 0 aliphatic heterocycles. The van der Waals surface area contributed by atoms with Crippen molar-refractivity contribution < 1.29 is 18.7 Å². The second-order valence-electron chi connectivity index (χ2n) is 7.82. The Hall–Kier alpha value is -2.97. The molecule has 0 unspecified atom stereocenters. The fourth-order valence-electron chi connectivity index (χ4n) is 3.73. The molecule has 2 amide bonds. The van der Waals surface area contributed by atoms with Gasteiger partial charge in [0.05, 0.1) is 0 Å². The van der Waals surface area contributed by atoms with E-state index in [0.717, 1.165) is 25.7 Å².